The Labute approximate surface area is 128 Å². The van der Waals surface area contributed by atoms with Crippen LogP contribution in [0.3, 0.4) is 0 Å². The summed E-state index contributed by atoms with van der Waals surface area (Å²) in [6.45, 7) is 9.13. The Balaban J connectivity index is 1.67. The van der Waals surface area contributed by atoms with Crippen LogP contribution in [-0.4, -0.2) is 72.4 Å². The largest absolute Gasteiger partial charge is 0.378 e. The number of ether oxygens (including phenoxy) is 2. The zero-order valence-corrected chi connectivity index (χ0v) is 13.3. The van der Waals surface area contributed by atoms with Crippen LogP contribution < -0.4 is 4.90 Å². The van der Waals surface area contributed by atoms with Crippen LogP contribution in [0.15, 0.2) is 4.99 Å². The minimum absolute atomic E-state index is 0.229. The highest BCUT2D eigenvalue weighted by atomic mass is 32.1. The minimum Gasteiger partial charge on any atom is -0.378 e. The SMILES string of the molecule is CC1CN(/C=N/c2nnsc2N2CCOCC2)CC(C)O1. The van der Waals surface area contributed by atoms with E-state index >= 15 is 0 Å². The van der Waals surface area contributed by atoms with Crippen LogP contribution in [0.2, 0.25) is 0 Å². The summed E-state index contributed by atoms with van der Waals surface area (Å²) in [5, 5.41) is 5.18. The monoisotopic (exact) mass is 311 g/mol. The normalized spacial score (nSPS) is 27.5. The first-order valence-electron chi connectivity index (χ1n) is 7.31. The van der Waals surface area contributed by atoms with E-state index in [0.29, 0.717) is 5.82 Å². The standard InChI is InChI=1S/C13H21N5O2S/c1-10-7-17(8-11(2)20-10)9-14-12-13(21-16-15-12)18-3-5-19-6-4-18/h9-11H,3-8H2,1-2H3/b14-9+. The van der Waals surface area contributed by atoms with Gasteiger partial charge in [0.25, 0.3) is 0 Å². The van der Waals surface area contributed by atoms with Gasteiger partial charge in [-0.3, -0.25) is 0 Å². The Hall–Kier alpha value is -1.25. The molecule has 116 valence electrons. The molecular formula is C13H21N5O2S. The van der Waals surface area contributed by atoms with Crippen molar-refractivity contribution >= 4 is 28.7 Å². The Bertz CT molecular complexity index is 479. The fourth-order valence-corrected chi connectivity index (χ4v) is 3.35. The Morgan fingerprint density at radius 1 is 1.24 bits per heavy atom. The Kier molecular flexibility index (Phi) is 4.67. The Morgan fingerprint density at radius 3 is 2.67 bits per heavy atom. The molecule has 1 aromatic rings. The maximum absolute atomic E-state index is 5.72. The molecule has 2 atom stereocenters. The van der Waals surface area contributed by atoms with Gasteiger partial charge in [-0.1, -0.05) is 4.49 Å². The smallest absolute Gasteiger partial charge is 0.212 e. The summed E-state index contributed by atoms with van der Waals surface area (Å²) < 4.78 is 15.1. The zero-order chi connectivity index (χ0) is 14.7. The van der Waals surface area contributed by atoms with E-state index in [9.17, 15) is 0 Å². The first-order chi connectivity index (χ1) is 10.2. The van der Waals surface area contributed by atoms with Crippen LogP contribution in [0.4, 0.5) is 10.8 Å². The number of hydrogen-bond donors (Lipinski definition) is 0. The lowest BCUT2D eigenvalue weighted by atomic mass is 10.2. The third-order valence-electron chi connectivity index (χ3n) is 3.54. The summed E-state index contributed by atoms with van der Waals surface area (Å²) in [5.41, 5.74) is 0. The summed E-state index contributed by atoms with van der Waals surface area (Å²) in [5.74, 6) is 0.702. The molecule has 0 N–H and O–H groups in total. The lowest BCUT2D eigenvalue weighted by molar-refractivity contribution is -0.0466. The summed E-state index contributed by atoms with van der Waals surface area (Å²) in [6.07, 6.45) is 2.33. The van der Waals surface area contributed by atoms with E-state index in [1.807, 2.05) is 6.34 Å². The molecule has 21 heavy (non-hydrogen) atoms. The molecule has 0 bridgehead atoms. The fraction of sp³-hybridized carbons (Fsp3) is 0.769. The highest BCUT2D eigenvalue weighted by Crippen LogP contribution is 2.30. The van der Waals surface area contributed by atoms with Crippen LogP contribution >= 0.6 is 11.5 Å². The van der Waals surface area contributed by atoms with Crippen molar-refractivity contribution in [3.05, 3.63) is 0 Å². The second kappa shape index (κ2) is 6.67. The average molecular weight is 311 g/mol. The van der Waals surface area contributed by atoms with Crippen LogP contribution in [0.5, 0.6) is 0 Å². The topological polar surface area (TPSA) is 63.1 Å². The third-order valence-corrected chi connectivity index (χ3v) is 4.32. The van der Waals surface area contributed by atoms with Crippen molar-refractivity contribution in [2.24, 2.45) is 4.99 Å². The molecule has 0 spiro atoms. The van der Waals surface area contributed by atoms with Gasteiger partial charge in [0, 0.05) is 37.7 Å². The van der Waals surface area contributed by atoms with Gasteiger partial charge in [-0.15, -0.1) is 5.10 Å². The second-order valence-electron chi connectivity index (χ2n) is 5.46. The summed E-state index contributed by atoms with van der Waals surface area (Å²) >= 11 is 1.40. The first kappa shape index (κ1) is 14.7. The molecule has 0 aromatic carbocycles. The quantitative estimate of drug-likeness (QED) is 0.616. The molecule has 2 unspecified atom stereocenters. The maximum atomic E-state index is 5.72. The van der Waals surface area contributed by atoms with Crippen molar-refractivity contribution in [1.82, 2.24) is 14.5 Å². The van der Waals surface area contributed by atoms with Gasteiger partial charge in [0.1, 0.15) is 0 Å². The predicted molar refractivity (Wildman–Crippen MR) is 82.7 cm³/mol. The van der Waals surface area contributed by atoms with Crippen molar-refractivity contribution in [1.29, 1.82) is 0 Å². The van der Waals surface area contributed by atoms with Crippen LogP contribution in [0.25, 0.3) is 0 Å². The second-order valence-corrected chi connectivity index (χ2v) is 6.19. The van der Waals surface area contributed by atoms with Crippen LogP contribution in [0.1, 0.15) is 13.8 Å². The molecule has 7 nitrogen and oxygen atoms in total. The number of aliphatic imine (C=N–C) groups is 1. The zero-order valence-electron chi connectivity index (χ0n) is 12.4. The molecule has 1 aromatic heterocycles. The third kappa shape index (κ3) is 3.69. The predicted octanol–water partition coefficient (Wildman–Crippen LogP) is 1.14. The van der Waals surface area contributed by atoms with Crippen LogP contribution in [0, 0.1) is 0 Å². The van der Waals surface area contributed by atoms with Gasteiger partial charge in [-0.25, -0.2) is 4.99 Å². The van der Waals surface area contributed by atoms with E-state index in [0.717, 1.165) is 44.4 Å². The lowest BCUT2D eigenvalue weighted by Gasteiger charge is -2.33. The number of morpholine rings is 2. The molecule has 0 saturated carbocycles. The molecule has 0 amide bonds. The molecule has 3 rings (SSSR count). The highest BCUT2D eigenvalue weighted by Gasteiger charge is 2.21. The molecule has 2 aliphatic rings. The summed E-state index contributed by atoms with van der Waals surface area (Å²) in [6, 6.07) is 0. The molecule has 3 heterocycles. The summed E-state index contributed by atoms with van der Waals surface area (Å²) in [7, 11) is 0. The minimum atomic E-state index is 0.229. The van der Waals surface area contributed by atoms with Crippen molar-refractivity contribution in [2.75, 3.05) is 44.3 Å². The number of rotatable bonds is 3. The highest BCUT2D eigenvalue weighted by molar-refractivity contribution is 7.10. The van der Waals surface area contributed by atoms with Gasteiger partial charge >= 0.3 is 0 Å². The van der Waals surface area contributed by atoms with Gasteiger partial charge in [-0.2, -0.15) is 0 Å². The van der Waals surface area contributed by atoms with Gasteiger partial charge < -0.3 is 19.3 Å². The number of hydrogen-bond acceptors (Lipinski definition) is 7. The van der Waals surface area contributed by atoms with E-state index in [-0.39, 0.29) is 12.2 Å². The fourth-order valence-electron chi connectivity index (χ4n) is 2.68. The number of anilines is 1. The Morgan fingerprint density at radius 2 is 1.95 bits per heavy atom. The van der Waals surface area contributed by atoms with Crippen molar-refractivity contribution in [3.8, 4) is 0 Å². The van der Waals surface area contributed by atoms with E-state index in [4.69, 9.17) is 9.47 Å². The van der Waals surface area contributed by atoms with Gasteiger partial charge in [0.05, 0.1) is 31.8 Å². The molecule has 2 aliphatic heterocycles. The van der Waals surface area contributed by atoms with Crippen molar-refractivity contribution < 1.29 is 9.47 Å². The van der Waals surface area contributed by atoms with Crippen LogP contribution in [-0.2, 0) is 9.47 Å². The van der Waals surface area contributed by atoms with Gasteiger partial charge in [-0.05, 0) is 13.8 Å². The summed E-state index contributed by atoms with van der Waals surface area (Å²) in [4.78, 5) is 8.96. The number of nitrogens with zero attached hydrogens (tertiary/aromatic N) is 5. The molecule has 2 fully saturated rings. The first-order valence-corrected chi connectivity index (χ1v) is 8.08. The van der Waals surface area contributed by atoms with Gasteiger partial charge in [0.15, 0.2) is 5.00 Å². The van der Waals surface area contributed by atoms with E-state index in [1.165, 1.54) is 11.5 Å². The molecule has 0 aliphatic carbocycles. The molecular weight excluding hydrogens is 290 g/mol. The van der Waals surface area contributed by atoms with Crippen molar-refractivity contribution in [2.45, 2.75) is 26.1 Å². The lowest BCUT2D eigenvalue weighted by Crippen LogP contribution is -2.44. The molecule has 0 radical (unpaired) electrons. The molecule has 8 heteroatoms. The maximum Gasteiger partial charge on any atom is 0.212 e. The van der Waals surface area contributed by atoms with E-state index in [1.54, 1.807) is 0 Å². The number of aromatic nitrogens is 2. The van der Waals surface area contributed by atoms with E-state index < -0.39 is 0 Å². The average Bonchev–Trinajstić information content (AvgIpc) is 2.93. The van der Waals surface area contributed by atoms with Crippen molar-refractivity contribution in [3.63, 3.8) is 0 Å². The van der Waals surface area contributed by atoms with E-state index in [2.05, 4.69) is 38.2 Å². The van der Waals surface area contributed by atoms with Gasteiger partial charge in [0.2, 0.25) is 5.82 Å². The molecule has 2 saturated heterocycles.